The molecule has 8 heteroatoms. The van der Waals surface area contributed by atoms with Crippen LogP contribution in [0.2, 0.25) is 0 Å². The third-order valence-electron chi connectivity index (χ3n) is 2.81. The minimum absolute atomic E-state index is 0.103. The van der Waals surface area contributed by atoms with Crippen LogP contribution in [0.3, 0.4) is 0 Å². The van der Waals surface area contributed by atoms with Gasteiger partial charge >= 0.3 is 0 Å². The van der Waals surface area contributed by atoms with E-state index in [-0.39, 0.29) is 23.0 Å². The average Bonchev–Trinajstić information content (AvgIpc) is 3.16. The van der Waals surface area contributed by atoms with Gasteiger partial charge in [0.1, 0.15) is 17.3 Å². The summed E-state index contributed by atoms with van der Waals surface area (Å²) in [4.78, 5) is 17.4. The topological polar surface area (TPSA) is 122 Å². The molecule has 0 saturated heterocycles. The van der Waals surface area contributed by atoms with Gasteiger partial charge in [0.25, 0.3) is 11.6 Å². The van der Waals surface area contributed by atoms with E-state index < -0.39 is 4.92 Å². The maximum absolute atomic E-state index is 11.0. The van der Waals surface area contributed by atoms with Crippen molar-refractivity contribution in [1.82, 2.24) is 15.1 Å². The van der Waals surface area contributed by atoms with Crippen molar-refractivity contribution >= 4 is 5.69 Å². The van der Waals surface area contributed by atoms with E-state index in [0.29, 0.717) is 11.3 Å². The molecule has 0 fully saturated rings. The van der Waals surface area contributed by atoms with E-state index in [2.05, 4.69) is 15.1 Å². The van der Waals surface area contributed by atoms with Crippen molar-refractivity contribution in [1.29, 1.82) is 5.26 Å². The molecule has 0 amide bonds. The molecule has 102 valence electrons. The van der Waals surface area contributed by atoms with E-state index in [9.17, 15) is 10.1 Å². The highest BCUT2D eigenvalue weighted by molar-refractivity contribution is 5.68. The molecule has 8 nitrogen and oxygen atoms in total. The Labute approximate surface area is 117 Å². The Morgan fingerprint density at radius 3 is 2.90 bits per heavy atom. The minimum atomic E-state index is -0.506. The zero-order chi connectivity index (χ0) is 14.8. The number of nitro groups is 1. The van der Waals surface area contributed by atoms with E-state index in [1.54, 1.807) is 24.3 Å². The summed E-state index contributed by atoms with van der Waals surface area (Å²) in [5.74, 6) is 0.273. The molecular formula is C13H7N5O3. The van der Waals surface area contributed by atoms with Gasteiger partial charge < -0.3 is 9.51 Å². The van der Waals surface area contributed by atoms with Gasteiger partial charge in [0, 0.05) is 12.3 Å². The molecular weight excluding hydrogens is 274 g/mol. The standard InChI is InChI=1S/C13H7N5O3/c14-6-8-5-10(15-7-8)13-16-12(17-21-13)9-3-1-2-4-11(9)18(19)20/h1-5,7,15H. The Kier molecular flexibility index (Phi) is 2.93. The summed E-state index contributed by atoms with van der Waals surface area (Å²) in [6.07, 6.45) is 1.50. The molecule has 0 aliphatic carbocycles. The summed E-state index contributed by atoms with van der Waals surface area (Å²) in [5.41, 5.74) is 1.07. The van der Waals surface area contributed by atoms with Crippen LogP contribution in [0.4, 0.5) is 5.69 Å². The molecule has 2 aromatic heterocycles. The van der Waals surface area contributed by atoms with Gasteiger partial charge in [-0.2, -0.15) is 10.2 Å². The normalized spacial score (nSPS) is 10.2. The highest BCUT2D eigenvalue weighted by atomic mass is 16.6. The molecule has 0 saturated carbocycles. The van der Waals surface area contributed by atoms with Crippen molar-refractivity contribution in [3.63, 3.8) is 0 Å². The first-order valence-corrected chi connectivity index (χ1v) is 5.85. The van der Waals surface area contributed by atoms with E-state index in [1.165, 1.54) is 12.3 Å². The number of nitrogens with one attached hydrogen (secondary N) is 1. The second-order valence-electron chi connectivity index (χ2n) is 4.11. The summed E-state index contributed by atoms with van der Waals surface area (Å²) in [5, 5.41) is 23.5. The smallest absolute Gasteiger partial charge is 0.280 e. The van der Waals surface area contributed by atoms with Gasteiger partial charge in [0.05, 0.1) is 10.5 Å². The molecule has 1 aromatic carbocycles. The van der Waals surface area contributed by atoms with Crippen molar-refractivity contribution in [3.05, 3.63) is 52.2 Å². The van der Waals surface area contributed by atoms with Gasteiger partial charge in [-0.3, -0.25) is 10.1 Å². The van der Waals surface area contributed by atoms with Gasteiger partial charge in [0.15, 0.2) is 0 Å². The Morgan fingerprint density at radius 1 is 1.38 bits per heavy atom. The molecule has 0 aliphatic heterocycles. The first kappa shape index (κ1) is 12.6. The van der Waals surface area contributed by atoms with Crippen LogP contribution in [-0.2, 0) is 0 Å². The van der Waals surface area contributed by atoms with Gasteiger partial charge in [-0.05, 0) is 12.1 Å². The Morgan fingerprint density at radius 2 is 2.19 bits per heavy atom. The molecule has 2 heterocycles. The molecule has 3 rings (SSSR count). The predicted molar refractivity (Wildman–Crippen MR) is 70.9 cm³/mol. The van der Waals surface area contributed by atoms with E-state index >= 15 is 0 Å². The van der Waals surface area contributed by atoms with Crippen molar-refractivity contribution in [2.24, 2.45) is 0 Å². The Hall–Kier alpha value is -3.47. The second kappa shape index (κ2) is 4.90. The lowest BCUT2D eigenvalue weighted by Gasteiger charge is -1.96. The average molecular weight is 281 g/mol. The minimum Gasteiger partial charge on any atom is -0.356 e. The van der Waals surface area contributed by atoms with Crippen molar-refractivity contribution < 1.29 is 9.45 Å². The fourth-order valence-electron chi connectivity index (χ4n) is 1.85. The summed E-state index contributed by atoms with van der Waals surface area (Å²) in [6.45, 7) is 0. The number of H-pyrrole nitrogens is 1. The number of nitriles is 1. The summed E-state index contributed by atoms with van der Waals surface area (Å²) in [7, 11) is 0. The summed E-state index contributed by atoms with van der Waals surface area (Å²) >= 11 is 0. The van der Waals surface area contributed by atoms with Crippen LogP contribution >= 0.6 is 0 Å². The van der Waals surface area contributed by atoms with Crippen LogP contribution in [-0.4, -0.2) is 20.0 Å². The molecule has 0 radical (unpaired) electrons. The number of nitrogens with zero attached hydrogens (tertiary/aromatic N) is 4. The van der Waals surface area contributed by atoms with Crippen LogP contribution in [0.5, 0.6) is 0 Å². The fourth-order valence-corrected chi connectivity index (χ4v) is 1.85. The molecule has 0 atom stereocenters. The monoisotopic (exact) mass is 281 g/mol. The van der Waals surface area contributed by atoms with Crippen LogP contribution in [0.25, 0.3) is 23.0 Å². The number of rotatable bonds is 3. The number of benzene rings is 1. The van der Waals surface area contributed by atoms with Crippen LogP contribution in [0, 0.1) is 21.4 Å². The number of aromatic amines is 1. The molecule has 1 N–H and O–H groups in total. The largest absolute Gasteiger partial charge is 0.356 e. The maximum Gasteiger partial charge on any atom is 0.280 e. The molecule has 0 bridgehead atoms. The number of hydrogen-bond donors (Lipinski definition) is 1. The predicted octanol–water partition coefficient (Wildman–Crippen LogP) is 2.51. The molecule has 0 aliphatic rings. The van der Waals surface area contributed by atoms with Gasteiger partial charge in [0.2, 0.25) is 5.82 Å². The Bertz CT molecular complexity index is 859. The van der Waals surface area contributed by atoms with Crippen LogP contribution < -0.4 is 0 Å². The maximum atomic E-state index is 11.0. The van der Waals surface area contributed by atoms with Crippen molar-refractivity contribution in [3.8, 4) is 29.0 Å². The third kappa shape index (κ3) is 2.23. The lowest BCUT2D eigenvalue weighted by molar-refractivity contribution is -0.384. The first-order valence-electron chi connectivity index (χ1n) is 5.85. The van der Waals surface area contributed by atoms with E-state index in [1.807, 2.05) is 6.07 Å². The van der Waals surface area contributed by atoms with Gasteiger partial charge in [-0.25, -0.2) is 0 Å². The van der Waals surface area contributed by atoms with Gasteiger partial charge in [-0.15, -0.1) is 0 Å². The number of hydrogen-bond acceptors (Lipinski definition) is 6. The lowest BCUT2D eigenvalue weighted by atomic mass is 10.2. The quantitative estimate of drug-likeness (QED) is 0.581. The lowest BCUT2D eigenvalue weighted by Crippen LogP contribution is -1.92. The van der Waals surface area contributed by atoms with Crippen LogP contribution in [0.15, 0.2) is 41.1 Å². The Balaban J connectivity index is 2.03. The van der Waals surface area contributed by atoms with Crippen molar-refractivity contribution in [2.75, 3.05) is 0 Å². The third-order valence-corrected chi connectivity index (χ3v) is 2.81. The fraction of sp³-hybridized carbons (Fsp3) is 0. The summed E-state index contributed by atoms with van der Waals surface area (Å²) < 4.78 is 5.07. The van der Waals surface area contributed by atoms with Crippen LogP contribution in [0.1, 0.15) is 5.56 Å². The zero-order valence-corrected chi connectivity index (χ0v) is 10.5. The SMILES string of the molecule is N#Cc1c[nH]c(-c2nc(-c3ccccc3[N+](=O)[O-])no2)c1. The number of nitro benzene ring substituents is 1. The first-order chi connectivity index (χ1) is 10.2. The van der Waals surface area contributed by atoms with E-state index in [0.717, 1.165) is 0 Å². The molecule has 3 aromatic rings. The van der Waals surface area contributed by atoms with Gasteiger partial charge in [-0.1, -0.05) is 17.3 Å². The zero-order valence-electron chi connectivity index (χ0n) is 10.5. The summed E-state index contributed by atoms with van der Waals surface area (Å²) in [6, 6.07) is 9.65. The van der Waals surface area contributed by atoms with Crippen molar-refractivity contribution in [2.45, 2.75) is 0 Å². The highest BCUT2D eigenvalue weighted by Crippen LogP contribution is 2.28. The molecule has 21 heavy (non-hydrogen) atoms. The number of para-hydroxylation sites is 1. The molecule has 0 spiro atoms. The van der Waals surface area contributed by atoms with E-state index in [4.69, 9.17) is 9.78 Å². The second-order valence-corrected chi connectivity index (χ2v) is 4.11. The number of aromatic nitrogens is 3. The molecule has 0 unspecified atom stereocenters. The highest BCUT2D eigenvalue weighted by Gasteiger charge is 2.20.